The van der Waals surface area contributed by atoms with Gasteiger partial charge in [0.1, 0.15) is 6.07 Å². The first-order chi connectivity index (χ1) is 8.15. The van der Waals surface area contributed by atoms with Crippen molar-refractivity contribution in [3.8, 4) is 17.6 Å². The smallest absolute Gasteiger partial charge is 0.176 e. The monoisotopic (exact) mass is 361 g/mol. The van der Waals surface area contributed by atoms with Crippen molar-refractivity contribution in [2.45, 2.75) is 20.3 Å². The Hall–Kier alpha value is -0.730. The van der Waals surface area contributed by atoms with E-state index in [1.54, 1.807) is 6.07 Å². The fourth-order valence-corrected chi connectivity index (χ4v) is 2.18. The minimum atomic E-state index is 0.518. The Kier molecular flexibility index (Phi) is 5.79. The maximum Gasteiger partial charge on any atom is 0.176 e. The molecule has 0 saturated heterocycles. The van der Waals surface area contributed by atoms with Crippen molar-refractivity contribution in [3.63, 3.8) is 0 Å². The van der Waals surface area contributed by atoms with Crippen molar-refractivity contribution in [3.05, 3.63) is 20.6 Å². The molecule has 0 unspecified atom stereocenters. The Bertz CT molecular complexity index is 441. The number of hydrogen-bond donors (Lipinski definition) is 0. The second kappa shape index (κ2) is 6.87. The van der Waals surface area contributed by atoms with Gasteiger partial charge in [-0.15, -0.1) is 0 Å². The molecule has 0 N–H and O–H groups in total. The van der Waals surface area contributed by atoms with Gasteiger partial charge in [0.05, 0.1) is 27.7 Å². The second-order valence-electron chi connectivity index (χ2n) is 3.27. The summed E-state index contributed by atoms with van der Waals surface area (Å²) in [6.45, 7) is 5.07. The largest absolute Gasteiger partial charge is 0.490 e. The quantitative estimate of drug-likeness (QED) is 0.785. The second-order valence-corrected chi connectivity index (χ2v) is 4.86. The first kappa shape index (κ1) is 14.3. The summed E-state index contributed by atoms with van der Waals surface area (Å²) in [5.74, 6) is 1.23. The normalized spacial score (nSPS) is 9.82. The van der Waals surface area contributed by atoms with E-state index >= 15 is 0 Å². The summed E-state index contributed by atoms with van der Waals surface area (Å²) in [6, 6.07) is 3.79. The number of nitrogens with zero attached hydrogens (tertiary/aromatic N) is 1. The van der Waals surface area contributed by atoms with E-state index in [0.717, 1.165) is 6.42 Å². The van der Waals surface area contributed by atoms with Crippen LogP contribution in [0.5, 0.6) is 11.5 Å². The minimum absolute atomic E-state index is 0.518. The third-order valence-electron chi connectivity index (χ3n) is 2.00. The highest BCUT2D eigenvalue weighted by molar-refractivity contribution is 9.13. The zero-order chi connectivity index (χ0) is 12.8. The molecule has 1 aromatic carbocycles. The molecule has 0 fully saturated rings. The lowest BCUT2D eigenvalue weighted by molar-refractivity contribution is 0.275. The zero-order valence-electron chi connectivity index (χ0n) is 9.72. The number of halogens is 2. The molecule has 0 heterocycles. The summed E-state index contributed by atoms with van der Waals surface area (Å²) in [5, 5.41) is 9.01. The van der Waals surface area contributed by atoms with E-state index in [-0.39, 0.29) is 0 Å². The van der Waals surface area contributed by atoms with Gasteiger partial charge in [-0.05, 0) is 45.2 Å². The van der Waals surface area contributed by atoms with E-state index in [9.17, 15) is 0 Å². The zero-order valence-corrected chi connectivity index (χ0v) is 12.9. The van der Waals surface area contributed by atoms with Gasteiger partial charge in [-0.2, -0.15) is 5.26 Å². The molecule has 5 heteroatoms. The lowest BCUT2D eigenvalue weighted by atomic mass is 10.2. The Labute approximate surface area is 118 Å². The number of nitriles is 1. The van der Waals surface area contributed by atoms with Crippen LogP contribution in [0.4, 0.5) is 0 Å². The van der Waals surface area contributed by atoms with E-state index < -0.39 is 0 Å². The molecule has 0 radical (unpaired) electrons. The molecule has 0 aromatic heterocycles. The third-order valence-corrected chi connectivity index (χ3v) is 4.11. The number of hydrogen-bond acceptors (Lipinski definition) is 3. The first-order valence-corrected chi connectivity index (χ1v) is 6.91. The van der Waals surface area contributed by atoms with E-state index in [1.165, 1.54) is 0 Å². The van der Waals surface area contributed by atoms with Crippen LogP contribution in [0, 0.1) is 11.3 Å². The maximum atomic E-state index is 9.01. The van der Waals surface area contributed by atoms with Crippen molar-refractivity contribution in [1.82, 2.24) is 0 Å². The number of ether oxygens (including phenoxy) is 2. The highest BCUT2D eigenvalue weighted by Crippen LogP contribution is 2.42. The standard InChI is InChI=1S/C12H13Br2NO2/c1-3-5-17-12-9(16-4-2)6-8(7-15)10(13)11(12)14/h6H,3-5H2,1-2H3. The maximum absolute atomic E-state index is 9.01. The van der Waals surface area contributed by atoms with Crippen molar-refractivity contribution in [2.24, 2.45) is 0 Å². The molecule has 0 aliphatic rings. The molecule has 1 rings (SSSR count). The Morgan fingerprint density at radius 2 is 1.94 bits per heavy atom. The molecule has 0 bridgehead atoms. The summed E-state index contributed by atoms with van der Waals surface area (Å²) in [6.07, 6.45) is 0.912. The van der Waals surface area contributed by atoms with Gasteiger partial charge in [-0.3, -0.25) is 0 Å². The molecule has 17 heavy (non-hydrogen) atoms. The Balaban J connectivity index is 3.24. The SMILES string of the molecule is CCCOc1c(OCC)cc(C#N)c(Br)c1Br. The molecule has 92 valence electrons. The van der Waals surface area contributed by atoms with Crippen LogP contribution in [-0.4, -0.2) is 13.2 Å². The topological polar surface area (TPSA) is 42.2 Å². The van der Waals surface area contributed by atoms with Crippen LogP contribution < -0.4 is 9.47 Å². The summed E-state index contributed by atoms with van der Waals surface area (Å²) >= 11 is 6.78. The number of rotatable bonds is 5. The summed E-state index contributed by atoms with van der Waals surface area (Å²) in [5.41, 5.74) is 0.518. The molecule has 0 aliphatic carbocycles. The van der Waals surface area contributed by atoms with Crippen LogP contribution in [0.15, 0.2) is 15.0 Å². The van der Waals surface area contributed by atoms with E-state index in [0.29, 0.717) is 39.2 Å². The third kappa shape index (κ3) is 3.36. The summed E-state index contributed by atoms with van der Waals surface area (Å²) in [7, 11) is 0. The molecule has 0 saturated carbocycles. The molecular formula is C12H13Br2NO2. The highest BCUT2D eigenvalue weighted by Gasteiger charge is 2.17. The predicted molar refractivity (Wildman–Crippen MR) is 73.5 cm³/mol. The molecule has 0 aliphatic heterocycles. The van der Waals surface area contributed by atoms with Crippen LogP contribution in [0.1, 0.15) is 25.8 Å². The van der Waals surface area contributed by atoms with Crippen molar-refractivity contribution < 1.29 is 9.47 Å². The fourth-order valence-electron chi connectivity index (χ4n) is 1.27. The van der Waals surface area contributed by atoms with Crippen LogP contribution in [0.3, 0.4) is 0 Å². The molecular weight excluding hydrogens is 350 g/mol. The van der Waals surface area contributed by atoms with Gasteiger partial charge in [0, 0.05) is 6.07 Å². The average molecular weight is 363 g/mol. The van der Waals surface area contributed by atoms with Crippen molar-refractivity contribution in [2.75, 3.05) is 13.2 Å². The molecule has 0 amide bonds. The molecule has 0 spiro atoms. The van der Waals surface area contributed by atoms with E-state index in [1.807, 2.05) is 13.8 Å². The number of benzene rings is 1. The average Bonchev–Trinajstić information content (AvgIpc) is 2.33. The van der Waals surface area contributed by atoms with Crippen LogP contribution in [-0.2, 0) is 0 Å². The van der Waals surface area contributed by atoms with Crippen LogP contribution in [0.2, 0.25) is 0 Å². The van der Waals surface area contributed by atoms with Crippen LogP contribution >= 0.6 is 31.9 Å². The van der Waals surface area contributed by atoms with Crippen molar-refractivity contribution in [1.29, 1.82) is 5.26 Å². The van der Waals surface area contributed by atoms with Crippen LogP contribution in [0.25, 0.3) is 0 Å². The molecule has 1 aromatic rings. The van der Waals surface area contributed by atoms with Gasteiger partial charge in [-0.1, -0.05) is 6.92 Å². The highest BCUT2D eigenvalue weighted by atomic mass is 79.9. The fraction of sp³-hybridized carbons (Fsp3) is 0.417. The Morgan fingerprint density at radius 3 is 2.47 bits per heavy atom. The Morgan fingerprint density at radius 1 is 1.24 bits per heavy atom. The van der Waals surface area contributed by atoms with Gasteiger partial charge in [0.2, 0.25) is 0 Å². The van der Waals surface area contributed by atoms with Gasteiger partial charge >= 0.3 is 0 Å². The molecule has 0 atom stereocenters. The van der Waals surface area contributed by atoms with Gasteiger partial charge in [-0.25, -0.2) is 0 Å². The van der Waals surface area contributed by atoms with Crippen molar-refractivity contribution >= 4 is 31.9 Å². The van der Waals surface area contributed by atoms with E-state index in [2.05, 4.69) is 37.9 Å². The van der Waals surface area contributed by atoms with E-state index in [4.69, 9.17) is 14.7 Å². The summed E-state index contributed by atoms with van der Waals surface area (Å²) < 4.78 is 12.5. The first-order valence-electron chi connectivity index (χ1n) is 5.33. The lowest BCUT2D eigenvalue weighted by Crippen LogP contribution is -2.02. The lowest BCUT2D eigenvalue weighted by Gasteiger charge is -2.15. The summed E-state index contributed by atoms with van der Waals surface area (Å²) in [4.78, 5) is 0. The molecule has 3 nitrogen and oxygen atoms in total. The predicted octanol–water partition coefficient (Wildman–Crippen LogP) is 4.27. The van der Waals surface area contributed by atoms with Gasteiger partial charge in [0.15, 0.2) is 11.5 Å². The minimum Gasteiger partial charge on any atom is -0.490 e. The van der Waals surface area contributed by atoms with Gasteiger partial charge < -0.3 is 9.47 Å². The van der Waals surface area contributed by atoms with Gasteiger partial charge in [0.25, 0.3) is 0 Å².